The number of carbonyl (C=O) groups excluding carboxylic acids is 1. The summed E-state index contributed by atoms with van der Waals surface area (Å²) in [5, 5.41) is 17.3. The van der Waals surface area contributed by atoms with Gasteiger partial charge in [0.05, 0.1) is 19.3 Å². The summed E-state index contributed by atoms with van der Waals surface area (Å²) in [5.41, 5.74) is 0. The fraction of sp³-hybridized carbons (Fsp3) is 0.800. The first-order chi connectivity index (χ1) is 7.63. The van der Waals surface area contributed by atoms with Crippen molar-refractivity contribution in [3.63, 3.8) is 0 Å². The predicted octanol–water partition coefficient (Wildman–Crippen LogP) is -0.539. The number of ether oxygens (including phenoxy) is 1. The quantitative estimate of drug-likeness (QED) is 0.663. The minimum Gasteiger partial charge on any atom is -0.481 e. The van der Waals surface area contributed by atoms with E-state index in [0.29, 0.717) is 26.1 Å². The minimum absolute atomic E-state index is 0.0134. The molecule has 1 aliphatic rings. The first-order valence-electron chi connectivity index (χ1n) is 5.35. The molecule has 1 rings (SSSR count). The zero-order valence-corrected chi connectivity index (χ0v) is 9.09. The molecule has 1 unspecified atom stereocenters. The molecule has 16 heavy (non-hydrogen) atoms. The third kappa shape index (κ3) is 4.16. The molecule has 1 heterocycles. The van der Waals surface area contributed by atoms with Gasteiger partial charge in [-0.2, -0.15) is 0 Å². The van der Waals surface area contributed by atoms with Crippen LogP contribution in [-0.4, -0.2) is 59.4 Å². The third-order valence-electron chi connectivity index (χ3n) is 2.48. The molecule has 0 aromatic carbocycles. The maximum atomic E-state index is 11.6. The Labute approximate surface area is 93.8 Å². The lowest BCUT2D eigenvalue weighted by Crippen LogP contribution is -2.46. The monoisotopic (exact) mass is 231 g/mol. The highest BCUT2D eigenvalue weighted by Crippen LogP contribution is 2.08. The number of nitrogens with zero attached hydrogens (tertiary/aromatic N) is 1. The van der Waals surface area contributed by atoms with Crippen LogP contribution in [-0.2, 0) is 14.3 Å². The van der Waals surface area contributed by atoms with E-state index < -0.39 is 5.97 Å². The van der Waals surface area contributed by atoms with E-state index in [0.717, 1.165) is 0 Å². The number of aliphatic hydroxyl groups is 1. The van der Waals surface area contributed by atoms with E-state index in [1.807, 2.05) is 0 Å². The van der Waals surface area contributed by atoms with Crippen molar-refractivity contribution in [3.8, 4) is 0 Å². The fourth-order valence-electron chi connectivity index (χ4n) is 1.61. The second-order valence-electron chi connectivity index (χ2n) is 3.76. The Balaban J connectivity index is 2.27. The van der Waals surface area contributed by atoms with Gasteiger partial charge in [0.15, 0.2) is 0 Å². The Hall–Kier alpha value is -1.14. The van der Waals surface area contributed by atoms with Crippen LogP contribution in [0.25, 0.3) is 0 Å². The van der Waals surface area contributed by atoms with Crippen molar-refractivity contribution in [1.29, 1.82) is 0 Å². The van der Waals surface area contributed by atoms with Crippen LogP contribution in [0.4, 0.5) is 0 Å². The first kappa shape index (κ1) is 12.9. The summed E-state index contributed by atoms with van der Waals surface area (Å²) in [6, 6.07) is 0. The van der Waals surface area contributed by atoms with Crippen molar-refractivity contribution in [2.24, 2.45) is 0 Å². The molecule has 1 saturated heterocycles. The molecule has 2 N–H and O–H groups in total. The lowest BCUT2D eigenvalue weighted by atomic mass is 10.2. The van der Waals surface area contributed by atoms with Gasteiger partial charge in [-0.15, -0.1) is 0 Å². The second kappa shape index (κ2) is 6.44. The summed E-state index contributed by atoms with van der Waals surface area (Å²) in [5.74, 6) is -0.953. The molecule has 6 heteroatoms. The maximum absolute atomic E-state index is 11.6. The largest absolute Gasteiger partial charge is 0.481 e. The normalized spacial score (nSPS) is 20.8. The summed E-state index contributed by atoms with van der Waals surface area (Å²) >= 11 is 0. The van der Waals surface area contributed by atoms with E-state index in [-0.39, 0.29) is 31.5 Å². The Bertz CT molecular complexity index is 256. The Morgan fingerprint density at radius 2 is 2.12 bits per heavy atom. The molecule has 1 atom stereocenters. The molecule has 0 aliphatic carbocycles. The lowest BCUT2D eigenvalue weighted by Gasteiger charge is -2.32. The van der Waals surface area contributed by atoms with Crippen molar-refractivity contribution >= 4 is 11.9 Å². The van der Waals surface area contributed by atoms with E-state index in [2.05, 4.69) is 0 Å². The van der Waals surface area contributed by atoms with E-state index in [1.165, 1.54) is 0 Å². The molecule has 6 nitrogen and oxygen atoms in total. The van der Waals surface area contributed by atoms with Gasteiger partial charge in [-0.3, -0.25) is 9.59 Å². The van der Waals surface area contributed by atoms with Crippen LogP contribution in [0.3, 0.4) is 0 Å². The molecule has 0 saturated carbocycles. The summed E-state index contributed by atoms with van der Waals surface area (Å²) in [7, 11) is 0. The van der Waals surface area contributed by atoms with Crippen molar-refractivity contribution in [1.82, 2.24) is 4.90 Å². The summed E-state index contributed by atoms with van der Waals surface area (Å²) in [4.78, 5) is 23.5. The Morgan fingerprint density at radius 3 is 2.75 bits per heavy atom. The van der Waals surface area contributed by atoms with Gasteiger partial charge >= 0.3 is 5.97 Å². The Morgan fingerprint density at radius 1 is 1.38 bits per heavy atom. The average molecular weight is 231 g/mol. The standard InChI is InChI=1S/C10H17NO5/c12-7-8-6-11(4-5-16-8)9(13)2-1-3-10(14)15/h8,12H,1-7H2,(H,14,15). The highest BCUT2D eigenvalue weighted by atomic mass is 16.5. The molecule has 92 valence electrons. The van der Waals surface area contributed by atoms with Crippen molar-refractivity contribution in [2.75, 3.05) is 26.3 Å². The van der Waals surface area contributed by atoms with Crippen LogP contribution >= 0.6 is 0 Å². The third-order valence-corrected chi connectivity index (χ3v) is 2.48. The van der Waals surface area contributed by atoms with Crippen LogP contribution in [0, 0.1) is 0 Å². The highest BCUT2D eigenvalue weighted by Gasteiger charge is 2.23. The van der Waals surface area contributed by atoms with Gasteiger partial charge < -0.3 is 19.8 Å². The zero-order chi connectivity index (χ0) is 12.0. The fourth-order valence-corrected chi connectivity index (χ4v) is 1.61. The molecule has 0 bridgehead atoms. The molecule has 1 fully saturated rings. The first-order valence-corrected chi connectivity index (χ1v) is 5.35. The molecule has 1 aliphatic heterocycles. The summed E-state index contributed by atoms with van der Waals surface area (Å²) < 4.78 is 5.21. The molecule has 0 aromatic rings. The van der Waals surface area contributed by atoms with Crippen LogP contribution in [0.15, 0.2) is 0 Å². The van der Waals surface area contributed by atoms with Crippen molar-refractivity contribution < 1.29 is 24.5 Å². The number of carboxylic acids is 1. The minimum atomic E-state index is -0.886. The second-order valence-corrected chi connectivity index (χ2v) is 3.76. The van der Waals surface area contributed by atoms with Gasteiger partial charge in [0.1, 0.15) is 0 Å². The van der Waals surface area contributed by atoms with Gasteiger partial charge in [0.2, 0.25) is 5.91 Å². The van der Waals surface area contributed by atoms with E-state index in [1.54, 1.807) is 4.90 Å². The lowest BCUT2D eigenvalue weighted by molar-refractivity contribution is -0.141. The van der Waals surface area contributed by atoms with Gasteiger partial charge in [-0.05, 0) is 6.42 Å². The number of amides is 1. The molecule has 1 amide bonds. The Kier molecular flexibility index (Phi) is 5.21. The number of carbonyl (C=O) groups is 2. The van der Waals surface area contributed by atoms with Crippen LogP contribution < -0.4 is 0 Å². The molecule has 0 radical (unpaired) electrons. The summed E-state index contributed by atoms with van der Waals surface area (Å²) in [6.45, 7) is 1.24. The number of aliphatic hydroxyl groups excluding tert-OH is 1. The smallest absolute Gasteiger partial charge is 0.303 e. The number of hydrogen-bond acceptors (Lipinski definition) is 4. The SMILES string of the molecule is O=C(O)CCCC(=O)N1CCOC(CO)C1. The van der Waals surface area contributed by atoms with E-state index in [4.69, 9.17) is 14.9 Å². The van der Waals surface area contributed by atoms with Gasteiger partial charge in [-0.1, -0.05) is 0 Å². The number of rotatable bonds is 5. The number of aliphatic carboxylic acids is 1. The molecular formula is C10H17NO5. The van der Waals surface area contributed by atoms with Crippen LogP contribution in [0.2, 0.25) is 0 Å². The van der Waals surface area contributed by atoms with Crippen molar-refractivity contribution in [3.05, 3.63) is 0 Å². The highest BCUT2D eigenvalue weighted by molar-refractivity contribution is 5.77. The van der Waals surface area contributed by atoms with Crippen molar-refractivity contribution in [2.45, 2.75) is 25.4 Å². The van der Waals surface area contributed by atoms with Crippen LogP contribution in [0.1, 0.15) is 19.3 Å². The van der Waals surface area contributed by atoms with Crippen LogP contribution in [0.5, 0.6) is 0 Å². The number of carboxylic acid groups (broad SMARTS) is 1. The molecular weight excluding hydrogens is 214 g/mol. The number of hydrogen-bond donors (Lipinski definition) is 2. The van der Waals surface area contributed by atoms with Gasteiger partial charge in [0.25, 0.3) is 0 Å². The van der Waals surface area contributed by atoms with Gasteiger partial charge in [-0.25, -0.2) is 0 Å². The van der Waals surface area contributed by atoms with E-state index >= 15 is 0 Å². The van der Waals surface area contributed by atoms with E-state index in [9.17, 15) is 9.59 Å². The average Bonchev–Trinajstić information content (AvgIpc) is 2.28. The molecule has 0 spiro atoms. The summed E-state index contributed by atoms with van der Waals surface area (Å²) in [6.07, 6.45) is 0.302. The van der Waals surface area contributed by atoms with Gasteiger partial charge in [0, 0.05) is 25.9 Å². The maximum Gasteiger partial charge on any atom is 0.303 e. The zero-order valence-electron chi connectivity index (χ0n) is 9.09. The topological polar surface area (TPSA) is 87.1 Å². The molecule has 0 aromatic heterocycles. The predicted molar refractivity (Wildman–Crippen MR) is 54.9 cm³/mol. The number of morpholine rings is 1.